The maximum atomic E-state index is 11.0. The minimum absolute atomic E-state index is 0.348. The Morgan fingerprint density at radius 3 is 2.93 bits per heavy atom. The number of hydrogen-bond donors (Lipinski definition) is 1. The van der Waals surface area contributed by atoms with Gasteiger partial charge in [-0.25, -0.2) is 4.79 Å². The van der Waals surface area contributed by atoms with Crippen LogP contribution in [-0.4, -0.2) is 38.8 Å². The van der Waals surface area contributed by atoms with E-state index in [4.69, 9.17) is 5.11 Å². The molecular formula is C10H15N3O2. The van der Waals surface area contributed by atoms with Crippen LogP contribution < -0.4 is 0 Å². The van der Waals surface area contributed by atoms with Crippen LogP contribution in [0.4, 0.5) is 0 Å². The van der Waals surface area contributed by atoms with Crippen LogP contribution in [-0.2, 0) is 20.0 Å². The van der Waals surface area contributed by atoms with Crippen molar-refractivity contribution in [1.29, 1.82) is 0 Å². The van der Waals surface area contributed by atoms with E-state index >= 15 is 0 Å². The Hall–Kier alpha value is -1.36. The number of fused-ring (bicyclic) bond motifs is 1. The van der Waals surface area contributed by atoms with Gasteiger partial charge in [-0.15, -0.1) is 0 Å². The van der Waals surface area contributed by atoms with Gasteiger partial charge in [-0.2, -0.15) is 5.10 Å². The molecule has 0 fully saturated rings. The van der Waals surface area contributed by atoms with Gasteiger partial charge in [-0.3, -0.25) is 9.58 Å². The summed E-state index contributed by atoms with van der Waals surface area (Å²) in [4.78, 5) is 13.3. The monoisotopic (exact) mass is 209 g/mol. The zero-order chi connectivity index (χ0) is 11.0. The van der Waals surface area contributed by atoms with Crippen LogP contribution >= 0.6 is 0 Å². The summed E-state index contributed by atoms with van der Waals surface area (Å²) in [6.45, 7) is 4.78. The molecule has 0 aliphatic carbocycles. The van der Waals surface area contributed by atoms with Gasteiger partial charge < -0.3 is 5.11 Å². The van der Waals surface area contributed by atoms with E-state index in [0.717, 1.165) is 37.3 Å². The van der Waals surface area contributed by atoms with Crippen molar-refractivity contribution in [1.82, 2.24) is 14.7 Å². The topological polar surface area (TPSA) is 58.4 Å². The fraction of sp³-hybridized carbons (Fsp3) is 0.600. The van der Waals surface area contributed by atoms with Gasteiger partial charge in [-0.1, -0.05) is 6.92 Å². The molecule has 82 valence electrons. The lowest BCUT2D eigenvalue weighted by atomic mass is 10.0. The molecule has 15 heavy (non-hydrogen) atoms. The molecule has 1 aromatic rings. The third-order valence-electron chi connectivity index (χ3n) is 2.93. The Balaban J connectivity index is 2.39. The minimum Gasteiger partial charge on any atom is -0.477 e. The van der Waals surface area contributed by atoms with E-state index in [9.17, 15) is 4.79 Å². The fourth-order valence-electron chi connectivity index (χ4n) is 2.11. The number of aryl methyl sites for hydroxylation is 1. The summed E-state index contributed by atoms with van der Waals surface area (Å²) in [5.74, 6) is -0.879. The van der Waals surface area contributed by atoms with Crippen LogP contribution in [0.15, 0.2) is 0 Å². The van der Waals surface area contributed by atoms with Crippen molar-refractivity contribution >= 4 is 5.97 Å². The maximum absolute atomic E-state index is 11.0. The summed E-state index contributed by atoms with van der Waals surface area (Å²) in [5.41, 5.74) is 2.18. The van der Waals surface area contributed by atoms with Crippen LogP contribution in [0.2, 0.25) is 0 Å². The van der Waals surface area contributed by atoms with Crippen LogP contribution in [0.3, 0.4) is 0 Å². The van der Waals surface area contributed by atoms with E-state index in [1.165, 1.54) is 4.68 Å². The lowest BCUT2D eigenvalue weighted by molar-refractivity contribution is 0.0683. The zero-order valence-electron chi connectivity index (χ0n) is 9.03. The first-order valence-corrected chi connectivity index (χ1v) is 5.14. The fourth-order valence-corrected chi connectivity index (χ4v) is 2.11. The zero-order valence-corrected chi connectivity index (χ0v) is 9.03. The predicted molar refractivity (Wildman–Crippen MR) is 54.8 cm³/mol. The molecule has 0 radical (unpaired) electrons. The third kappa shape index (κ3) is 1.63. The van der Waals surface area contributed by atoms with Crippen LogP contribution in [0, 0.1) is 0 Å². The first kappa shape index (κ1) is 10.2. The SMILES string of the molecule is CCN1CCc2c(nn(C)c2C(=O)O)C1. The molecule has 0 amide bonds. The highest BCUT2D eigenvalue weighted by Gasteiger charge is 2.25. The van der Waals surface area contributed by atoms with Gasteiger partial charge in [0.1, 0.15) is 5.69 Å². The van der Waals surface area contributed by atoms with Crippen LogP contribution in [0.5, 0.6) is 0 Å². The standard InChI is InChI=1S/C10H15N3O2/c1-3-13-5-4-7-8(6-13)11-12(2)9(7)10(14)15/h3-6H2,1-2H3,(H,14,15). The molecule has 0 bridgehead atoms. The molecule has 0 atom stereocenters. The van der Waals surface area contributed by atoms with Crippen molar-refractivity contribution in [2.45, 2.75) is 19.9 Å². The molecule has 5 nitrogen and oxygen atoms in total. The Kier molecular flexibility index (Phi) is 2.48. The number of hydrogen-bond acceptors (Lipinski definition) is 3. The average Bonchev–Trinajstić information content (AvgIpc) is 2.52. The number of likely N-dealkylation sites (N-methyl/N-ethyl adjacent to an activating group) is 1. The Morgan fingerprint density at radius 1 is 1.60 bits per heavy atom. The summed E-state index contributed by atoms with van der Waals surface area (Å²) in [6.07, 6.45) is 0.790. The molecule has 5 heteroatoms. The third-order valence-corrected chi connectivity index (χ3v) is 2.93. The second-order valence-electron chi connectivity index (χ2n) is 3.82. The number of nitrogens with zero attached hydrogens (tertiary/aromatic N) is 3. The van der Waals surface area contributed by atoms with E-state index in [2.05, 4.69) is 16.9 Å². The van der Waals surface area contributed by atoms with Crippen molar-refractivity contribution in [3.63, 3.8) is 0 Å². The summed E-state index contributed by atoms with van der Waals surface area (Å²) in [5, 5.41) is 13.3. The van der Waals surface area contributed by atoms with E-state index in [1.807, 2.05) is 0 Å². The molecule has 1 aliphatic heterocycles. The molecule has 0 saturated heterocycles. The highest BCUT2D eigenvalue weighted by atomic mass is 16.4. The lowest BCUT2D eigenvalue weighted by Gasteiger charge is -2.24. The number of carboxylic acid groups (broad SMARTS) is 1. The summed E-state index contributed by atoms with van der Waals surface area (Å²) < 4.78 is 1.48. The van der Waals surface area contributed by atoms with E-state index in [-0.39, 0.29) is 0 Å². The predicted octanol–water partition coefficient (Wildman–Crippen LogP) is 0.496. The van der Waals surface area contributed by atoms with Crippen LogP contribution in [0.25, 0.3) is 0 Å². The summed E-state index contributed by atoms with van der Waals surface area (Å²) in [7, 11) is 1.69. The maximum Gasteiger partial charge on any atom is 0.354 e. The highest BCUT2D eigenvalue weighted by Crippen LogP contribution is 2.21. The smallest absolute Gasteiger partial charge is 0.354 e. The van der Waals surface area contributed by atoms with Crippen molar-refractivity contribution in [3.05, 3.63) is 17.0 Å². The van der Waals surface area contributed by atoms with Crippen molar-refractivity contribution < 1.29 is 9.90 Å². The Bertz CT molecular complexity index is 398. The molecule has 0 unspecified atom stereocenters. The molecule has 1 N–H and O–H groups in total. The van der Waals surface area contributed by atoms with E-state index in [1.54, 1.807) is 7.05 Å². The second-order valence-corrected chi connectivity index (χ2v) is 3.82. The molecule has 0 aromatic carbocycles. The minimum atomic E-state index is -0.879. The van der Waals surface area contributed by atoms with Gasteiger partial charge in [0.15, 0.2) is 0 Å². The number of carboxylic acids is 1. The Labute approximate surface area is 88.3 Å². The number of aromatic nitrogens is 2. The van der Waals surface area contributed by atoms with Gasteiger partial charge in [0.05, 0.1) is 5.69 Å². The summed E-state index contributed by atoms with van der Waals surface area (Å²) >= 11 is 0. The molecule has 0 saturated carbocycles. The van der Waals surface area contributed by atoms with Crippen molar-refractivity contribution in [2.24, 2.45) is 7.05 Å². The van der Waals surface area contributed by atoms with Gasteiger partial charge in [-0.05, 0) is 13.0 Å². The first-order chi connectivity index (χ1) is 7.13. The van der Waals surface area contributed by atoms with E-state index in [0.29, 0.717) is 5.69 Å². The average molecular weight is 209 g/mol. The summed E-state index contributed by atoms with van der Waals surface area (Å²) in [6, 6.07) is 0. The van der Waals surface area contributed by atoms with E-state index < -0.39 is 5.97 Å². The molecular weight excluding hydrogens is 194 g/mol. The normalized spacial score (nSPS) is 16.4. The number of carbonyl (C=O) groups is 1. The van der Waals surface area contributed by atoms with Gasteiger partial charge in [0, 0.05) is 25.7 Å². The molecule has 2 heterocycles. The first-order valence-electron chi connectivity index (χ1n) is 5.14. The van der Waals surface area contributed by atoms with Gasteiger partial charge in [0.25, 0.3) is 0 Å². The van der Waals surface area contributed by atoms with Gasteiger partial charge in [0.2, 0.25) is 0 Å². The van der Waals surface area contributed by atoms with Crippen LogP contribution in [0.1, 0.15) is 28.7 Å². The number of aromatic carboxylic acids is 1. The highest BCUT2D eigenvalue weighted by molar-refractivity contribution is 5.87. The quantitative estimate of drug-likeness (QED) is 0.770. The Morgan fingerprint density at radius 2 is 2.33 bits per heavy atom. The van der Waals surface area contributed by atoms with Crippen molar-refractivity contribution in [3.8, 4) is 0 Å². The largest absolute Gasteiger partial charge is 0.477 e. The molecule has 0 spiro atoms. The van der Waals surface area contributed by atoms with Gasteiger partial charge >= 0.3 is 5.97 Å². The molecule has 1 aliphatic rings. The second kappa shape index (κ2) is 3.66. The number of rotatable bonds is 2. The molecule has 1 aromatic heterocycles. The lowest BCUT2D eigenvalue weighted by Crippen LogP contribution is -2.30. The molecule has 2 rings (SSSR count). The van der Waals surface area contributed by atoms with Crippen molar-refractivity contribution in [2.75, 3.05) is 13.1 Å².